The van der Waals surface area contributed by atoms with Gasteiger partial charge >= 0.3 is 0 Å². The number of benzene rings is 1. The quantitative estimate of drug-likeness (QED) is 0.249. The molecule has 0 bridgehead atoms. The van der Waals surface area contributed by atoms with Crippen LogP contribution < -0.4 is 10.6 Å². The highest BCUT2D eigenvalue weighted by Crippen LogP contribution is 2.19. The van der Waals surface area contributed by atoms with E-state index in [0.29, 0.717) is 0 Å². The molecule has 0 aliphatic carbocycles. The molecule has 4 heteroatoms. The fourth-order valence-electron chi connectivity index (χ4n) is 2.15. The summed E-state index contributed by atoms with van der Waals surface area (Å²) in [6, 6.07) is 7.74. The third kappa shape index (κ3) is 4.81. The molecule has 0 aliphatic rings. The molecule has 0 unspecified atom stereocenters. The smallest absolute Gasteiger partial charge is 0.172 e. The number of unbranched alkanes of at least 4 members (excludes halogenated alkanes) is 4. The Morgan fingerprint density at radius 1 is 1.21 bits per heavy atom. The maximum Gasteiger partial charge on any atom is 0.172 e. The van der Waals surface area contributed by atoms with Gasteiger partial charge in [0.25, 0.3) is 0 Å². The van der Waals surface area contributed by atoms with E-state index in [9.17, 15) is 0 Å². The second-order valence-electron chi connectivity index (χ2n) is 4.84. The lowest BCUT2D eigenvalue weighted by molar-refractivity contribution is 0.318. The van der Waals surface area contributed by atoms with Crippen LogP contribution in [0.5, 0.6) is 0 Å². The Hall–Kier alpha value is -1.71. The molecule has 4 nitrogen and oxygen atoms in total. The van der Waals surface area contributed by atoms with Gasteiger partial charge in [0.15, 0.2) is 5.84 Å². The summed E-state index contributed by atoms with van der Waals surface area (Å²) < 4.78 is 0. The van der Waals surface area contributed by atoms with Crippen LogP contribution in [0.2, 0.25) is 0 Å². The fourth-order valence-corrected chi connectivity index (χ4v) is 2.15. The molecule has 19 heavy (non-hydrogen) atoms. The number of para-hydroxylation sites is 1. The number of hydrogen-bond donors (Lipinski definition) is 2. The average Bonchev–Trinajstić information content (AvgIpc) is 2.46. The van der Waals surface area contributed by atoms with Gasteiger partial charge in [-0.2, -0.15) is 0 Å². The van der Waals surface area contributed by atoms with Gasteiger partial charge in [0.2, 0.25) is 0 Å². The van der Waals surface area contributed by atoms with Crippen molar-refractivity contribution in [3.8, 4) is 0 Å². The first-order valence-electron chi connectivity index (χ1n) is 6.98. The Labute approximate surface area is 115 Å². The van der Waals surface area contributed by atoms with Gasteiger partial charge in [-0.3, -0.25) is 0 Å². The molecule has 1 rings (SSSR count). The van der Waals surface area contributed by atoms with Crippen molar-refractivity contribution in [3.05, 3.63) is 29.8 Å². The minimum Gasteiger partial charge on any atom is -0.409 e. The Kier molecular flexibility index (Phi) is 6.79. The molecule has 0 aromatic heterocycles. The third-order valence-corrected chi connectivity index (χ3v) is 3.30. The van der Waals surface area contributed by atoms with Crippen molar-refractivity contribution >= 4 is 11.5 Å². The van der Waals surface area contributed by atoms with Crippen LogP contribution in [0.15, 0.2) is 29.4 Å². The minimum absolute atomic E-state index is 0.161. The highest BCUT2D eigenvalue weighted by molar-refractivity contribution is 6.02. The predicted octanol–water partition coefficient (Wildman–Crippen LogP) is 3.19. The maximum atomic E-state index is 8.81. The molecule has 0 atom stereocenters. The first-order valence-corrected chi connectivity index (χ1v) is 6.98. The number of hydrogen-bond acceptors (Lipinski definition) is 3. The van der Waals surface area contributed by atoms with Gasteiger partial charge < -0.3 is 15.8 Å². The van der Waals surface area contributed by atoms with Crippen molar-refractivity contribution in [2.75, 3.05) is 18.5 Å². The highest BCUT2D eigenvalue weighted by atomic mass is 16.4. The third-order valence-electron chi connectivity index (χ3n) is 3.30. The van der Waals surface area contributed by atoms with E-state index in [2.05, 4.69) is 17.0 Å². The highest BCUT2D eigenvalue weighted by Gasteiger charge is 2.09. The number of rotatable bonds is 8. The summed E-state index contributed by atoms with van der Waals surface area (Å²) in [5.74, 6) is 0.161. The molecule has 0 saturated heterocycles. The number of nitrogens with two attached hydrogens (primary N) is 1. The molecule has 0 spiro atoms. The summed E-state index contributed by atoms with van der Waals surface area (Å²) in [7, 11) is 2.04. The van der Waals surface area contributed by atoms with Crippen molar-refractivity contribution in [3.63, 3.8) is 0 Å². The van der Waals surface area contributed by atoms with Gasteiger partial charge in [-0.25, -0.2) is 0 Å². The predicted molar refractivity (Wildman–Crippen MR) is 81.0 cm³/mol. The van der Waals surface area contributed by atoms with Crippen molar-refractivity contribution in [1.29, 1.82) is 0 Å². The summed E-state index contributed by atoms with van der Waals surface area (Å²) in [5, 5.41) is 11.9. The summed E-state index contributed by atoms with van der Waals surface area (Å²) in [6.07, 6.45) is 6.30. The average molecular weight is 263 g/mol. The molecule has 0 radical (unpaired) electrons. The molecule has 0 aliphatic heterocycles. The Morgan fingerprint density at radius 3 is 2.58 bits per heavy atom. The molecule has 0 heterocycles. The summed E-state index contributed by atoms with van der Waals surface area (Å²) in [5.41, 5.74) is 7.49. The van der Waals surface area contributed by atoms with E-state index in [0.717, 1.165) is 17.8 Å². The lowest BCUT2D eigenvalue weighted by Gasteiger charge is -2.22. The van der Waals surface area contributed by atoms with Crippen LogP contribution in [0.3, 0.4) is 0 Å². The maximum absolute atomic E-state index is 8.81. The van der Waals surface area contributed by atoms with E-state index in [-0.39, 0.29) is 5.84 Å². The van der Waals surface area contributed by atoms with E-state index in [1.54, 1.807) is 0 Å². The van der Waals surface area contributed by atoms with Crippen molar-refractivity contribution in [1.82, 2.24) is 0 Å². The van der Waals surface area contributed by atoms with Crippen molar-refractivity contribution in [2.24, 2.45) is 10.9 Å². The van der Waals surface area contributed by atoms with Crippen LogP contribution in [-0.4, -0.2) is 24.6 Å². The van der Waals surface area contributed by atoms with Crippen LogP contribution in [0.4, 0.5) is 5.69 Å². The lowest BCUT2D eigenvalue weighted by Crippen LogP contribution is -2.23. The van der Waals surface area contributed by atoms with Crippen molar-refractivity contribution < 1.29 is 5.21 Å². The van der Waals surface area contributed by atoms with Crippen LogP contribution in [0, 0.1) is 0 Å². The van der Waals surface area contributed by atoms with Crippen molar-refractivity contribution in [2.45, 2.75) is 39.0 Å². The molecule has 106 valence electrons. The molecule has 1 aromatic rings. The van der Waals surface area contributed by atoms with Gasteiger partial charge in [-0.1, -0.05) is 49.9 Å². The zero-order valence-electron chi connectivity index (χ0n) is 12.0. The topological polar surface area (TPSA) is 61.8 Å². The first kappa shape index (κ1) is 15.3. The zero-order valence-corrected chi connectivity index (χ0v) is 12.0. The lowest BCUT2D eigenvalue weighted by atomic mass is 10.1. The normalized spacial score (nSPS) is 11.6. The van der Waals surface area contributed by atoms with E-state index in [1.807, 2.05) is 31.3 Å². The second-order valence-corrected chi connectivity index (χ2v) is 4.84. The molecule has 0 saturated carbocycles. The molecule has 0 fully saturated rings. The SMILES string of the molecule is CCCCCCCN(C)c1ccccc1/C(N)=N/O. The number of oxime groups is 1. The number of nitrogens with zero attached hydrogens (tertiary/aromatic N) is 2. The van der Waals surface area contributed by atoms with Gasteiger partial charge in [0, 0.05) is 24.8 Å². The molecular formula is C15H25N3O. The Morgan fingerprint density at radius 2 is 1.89 bits per heavy atom. The molecule has 3 N–H and O–H groups in total. The fraction of sp³-hybridized carbons (Fsp3) is 0.533. The largest absolute Gasteiger partial charge is 0.409 e. The van der Waals surface area contributed by atoms with Crippen LogP contribution >= 0.6 is 0 Å². The van der Waals surface area contributed by atoms with E-state index in [1.165, 1.54) is 32.1 Å². The summed E-state index contributed by atoms with van der Waals surface area (Å²) in [4.78, 5) is 2.17. The monoisotopic (exact) mass is 263 g/mol. The van der Waals surface area contributed by atoms with E-state index < -0.39 is 0 Å². The summed E-state index contributed by atoms with van der Waals surface area (Å²) >= 11 is 0. The molecular weight excluding hydrogens is 238 g/mol. The molecule has 0 amide bonds. The number of amidine groups is 1. The van der Waals surface area contributed by atoms with Crippen LogP contribution in [-0.2, 0) is 0 Å². The summed E-state index contributed by atoms with van der Waals surface area (Å²) in [6.45, 7) is 3.21. The van der Waals surface area contributed by atoms with Gasteiger partial charge in [-0.05, 0) is 18.6 Å². The van der Waals surface area contributed by atoms with Crippen LogP contribution in [0.1, 0.15) is 44.6 Å². The van der Waals surface area contributed by atoms with Crippen LogP contribution in [0.25, 0.3) is 0 Å². The van der Waals surface area contributed by atoms with E-state index in [4.69, 9.17) is 10.9 Å². The minimum atomic E-state index is 0.161. The van der Waals surface area contributed by atoms with Gasteiger partial charge in [-0.15, -0.1) is 0 Å². The Bertz CT molecular complexity index is 404. The first-order chi connectivity index (χ1) is 9.20. The van der Waals surface area contributed by atoms with Gasteiger partial charge in [0.05, 0.1) is 0 Å². The molecule has 1 aromatic carbocycles. The number of anilines is 1. The van der Waals surface area contributed by atoms with Gasteiger partial charge in [0.1, 0.15) is 0 Å². The van der Waals surface area contributed by atoms with E-state index >= 15 is 0 Å². The standard InChI is InChI=1S/C15H25N3O/c1-3-4-5-6-9-12-18(2)14-11-8-7-10-13(14)15(16)17-19/h7-8,10-11,19H,3-6,9,12H2,1-2H3,(H2,16,17). The zero-order chi connectivity index (χ0) is 14.1. The Balaban J connectivity index is 2.59. The second kappa shape index (κ2) is 8.40.